The van der Waals surface area contributed by atoms with Gasteiger partial charge in [0, 0.05) is 10.0 Å². The van der Waals surface area contributed by atoms with E-state index >= 15 is 0 Å². The summed E-state index contributed by atoms with van der Waals surface area (Å²) in [6.07, 6.45) is -0.443. The summed E-state index contributed by atoms with van der Waals surface area (Å²) in [4.78, 5) is 5.42. The first-order valence-corrected chi connectivity index (χ1v) is 6.60. The van der Waals surface area contributed by atoms with Gasteiger partial charge in [0.25, 0.3) is 0 Å². The lowest BCUT2D eigenvalue weighted by atomic mass is 10.2. The summed E-state index contributed by atoms with van der Waals surface area (Å²) >= 11 is 4.95. The number of nitrogens with zero attached hydrogens (tertiary/aromatic N) is 1. The van der Waals surface area contributed by atoms with Gasteiger partial charge in [-0.3, -0.25) is 0 Å². The zero-order chi connectivity index (χ0) is 11.7. The summed E-state index contributed by atoms with van der Waals surface area (Å²) in [5.41, 5.74) is 2.00. The molecule has 4 heteroatoms. The maximum Gasteiger partial charge on any atom is 0.123 e. The van der Waals surface area contributed by atoms with Crippen LogP contribution in [0.5, 0.6) is 0 Å². The molecule has 1 aromatic heterocycles. The first-order chi connectivity index (χ1) is 7.58. The molecule has 0 fully saturated rings. The third-order valence-electron chi connectivity index (χ3n) is 2.30. The quantitative estimate of drug-likeness (QED) is 0.911. The molecule has 2 aromatic rings. The molecule has 0 saturated carbocycles. The van der Waals surface area contributed by atoms with Crippen LogP contribution in [0.3, 0.4) is 0 Å². The Morgan fingerprint density at radius 1 is 1.31 bits per heavy atom. The highest BCUT2D eigenvalue weighted by Gasteiger charge is 2.12. The Kier molecular flexibility index (Phi) is 3.42. The van der Waals surface area contributed by atoms with Crippen molar-refractivity contribution in [1.82, 2.24) is 4.98 Å². The monoisotopic (exact) mass is 297 g/mol. The zero-order valence-corrected chi connectivity index (χ0v) is 11.5. The number of aliphatic hydroxyl groups is 1. The van der Waals surface area contributed by atoms with Crippen molar-refractivity contribution in [1.29, 1.82) is 0 Å². The number of aryl methyl sites for hydroxylation is 1. The maximum absolute atomic E-state index is 9.57. The minimum absolute atomic E-state index is 0.443. The van der Waals surface area contributed by atoms with E-state index in [4.69, 9.17) is 0 Å². The molecule has 1 N–H and O–H groups in total. The molecule has 0 amide bonds. The van der Waals surface area contributed by atoms with E-state index in [0.29, 0.717) is 0 Å². The summed E-state index contributed by atoms with van der Waals surface area (Å²) in [5, 5.41) is 10.5. The first-order valence-electron chi connectivity index (χ1n) is 4.99. The number of hydrogen-bond donors (Lipinski definition) is 1. The molecule has 1 atom stereocenters. The van der Waals surface area contributed by atoms with Gasteiger partial charge in [0.1, 0.15) is 5.01 Å². The average molecular weight is 298 g/mol. The van der Waals surface area contributed by atoms with Crippen LogP contribution < -0.4 is 0 Å². The lowest BCUT2D eigenvalue weighted by Crippen LogP contribution is -1.88. The second-order valence-corrected chi connectivity index (χ2v) is 5.60. The van der Waals surface area contributed by atoms with Gasteiger partial charge in [0.15, 0.2) is 0 Å². The Balaban J connectivity index is 2.41. The summed E-state index contributed by atoms with van der Waals surface area (Å²) in [6.45, 7) is 3.70. The van der Waals surface area contributed by atoms with Crippen LogP contribution in [-0.4, -0.2) is 10.1 Å². The molecule has 0 unspecified atom stereocenters. The molecule has 0 saturated heterocycles. The second kappa shape index (κ2) is 4.65. The topological polar surface area (TPSA) is 33.1 Å². The van der Waals surface area contributed by atoms with Gasteiger partial charge in [0.05, 0.1) is 16.7 Å². The number of aliphatic hydroxyl groups excluding tert-OH is 1. The Morgan fingerprint density at radius 2 is 1.94 bits per heavy atom. The molecule has 16 heavy (non-hydrogen) atoms. The molecular weight excluding hydrogens is 286 g/mol. The number of hydrogen-bond acceptors (Lipinski definition) is 3. The van der Waals surface area contributed by atoms with Crippen molar-refractivity contribution < 1.29 is 5.11 Å². The minimum Gasteiger partial charge on any atom is -0.388 e. The van der Waals surface area contributed by atoms with Crippen molar-refractivity contribution in [3.63, 3.8) is 0 Å². The molecule has 0 aliphatic carbocycles. The van der Waals surface area contributed by atoms with Crippen molar-refractivity contribution in [2.75, 3.05) is 0 Å². The van der Waals surface area contributed by atoms with E-state index in [9.17, 15) is 5.11 Å². The normalized spacial score (nSPS) is 12.8. The predicted octanol–water partition coefficient (Wildman–Crippen LogP) is 3.93. The van der Waals surface area contributed by atoms with Gasteiger partial charge in [-0.2, -0.15) is 0 Å². The SMILES string of the molecule is Cc1nc(-c2ccc(Br)cc2)sc1[C@@H](C)O. The third-order valence-corrected chi connectivity index (χ3v) is 4.21. The van der Waals surface area contributed by atoms with Crippen LogP contribution in [0.15, 0.2) is 28.7 Å². The van der Waals surface area contributed by atoms with Gasteiger partial charge in [0.2, 0.25) is 0 Å². The first kappa shape index (κ1) is 11.8. The summed E-state index contributed by atoms with van der Waals surface area (Å²) < 4.78 is 1.06. The van der Waals surface area contributed by atoms with E-state index in [1.807, 2.05) is 31.2 Å². The van der Waals surface area contributed by atoms with Crippen molar-refractivity contribution >= 4 is 27.3 Å². The van der Waals surface area contributed by atoms with Gasteiger partial charge in [-0.15, -0.1) is 11.3 Å². The summed E-state index contributed by atoms with van der Waals surface area (Å²) in [6, 6.07) is 8.03. The van der Waals surface area contributed by atoms with Gasteiger partial charge >= 0.3 is 0 Å². The molecule has 0 aliphatic rings. The van der Waals surface area contributed by atoms with E-state index in [-0.39, 0.29) is 0 Å². The Morgan fingerprint density at radius 3 is 2.44 bits per heavy atom. The molecule has 1 heterocycles. The van der Waals surface area contributed by atoms with Crippen molar-refractivity contribution in [2.45, 2.75) is 20.0 Å². The molecule has 2 rings (SSSR count). The fraction of sp³-hybridized carbons (Fsp3) is 0.250. The number of aromatic nitrogens is 1. The minimum atomic E-state index is -0.443. The largest absolute Gasteiger partial charge is 0.388 e. The second-order valence-electron chi connectivity index (χ2n) is 3.65. The Hall–Kier alpha value is -0.710. The third kappa shape index (κ3) is 2.34. The van der Waals surface area contributed by atoms with Crippen LogP contribution in [0.1, 0.15) is 23.6 Å². The molecule has 0 spiro atoms. The number of halogens is 1. The highest BCUT2D eigenvalue weighted by Crippen LogP contribution is 2.31. The van der Waals surface area contributed by atoms with Crippen LogP contribution in [0.2, 0.25) is 0 Å². The van der Waals surface area contributed by atoms with Gasteiger partial charge < -0.3 is 5.11 Å². The summed E-state index contributed by atoms with van der Waals surface area (Å²) in [7, 11) is 0. The van der Waals surface area contributed by atoms with Crippen LogP contribution in [0.4, 0.5) is 0 Å². The highest BCUT2D eigenvalue weighted by molar-refractivity contribution is 9.10. The predicted molar refractivity (Wildman–Crippen MR) is 70.6 cm³/mol. The van der Waals surface area contributed by atoms with Gasteiger partial charge in [-0.1, -0.05) is 28.1 Å². The van der Waals surface area contributed by atoms with Crippen LogP contribution in [0, 0.1) is 6.92 Å². The van der Waals surface area contributed by atoms with Crippen LogP contribution >= 0.6 is 27.3 Å². The zero-order valence-electron chi connectivity index (χ0n) is 9.07. The number of thiazole rings is 1. The summed E-state index contributed by atoms with van der Waals surface area (Å²) in [5.74, 6) is 0. The Labute approximate surface area is 107 Å². The lowest BCUT2D eigenvalue weighted by molar-refractivity contribution is 0.202. The molecule has 2 nitrogen and oxygen atoms in total. The molecule has 0 aliphatic heterocycles. The molecule has 0 radical (unpaired) electrons. The fourth-order valence-corrected chi connectivity index (χ4v) is 2.78. The standard InChI is InChI=1S/C12H12BrNOS/c1-7-11(8(2)15)16-12(14-7)9-3-5-10(13)6-4-9/h3-6,8,15H,1-2H3/t8-/m1/s1. The van der Waals surface area contributed by atoms with E-state index in [1.54, 1.807) is 18.3 Å². The van der Waals surface area contributed by atoms with E-state index < -0.39 is 6.10 Å². The molecule has 1 aromatic carbocycles. The molecule has 0 bridgehead atoms. The van der Waals surface area contributed by atoms with Crippen LogP contribution in [-0.2, 0) is 0 Å². The van der Waals surface area contributed by atoms with Gasteiger partial charge in [-0.25, -0.2) is 4.98 Å². The average Bonchev–Trinajstić information content (AvgIpc) is 2.61. The maximum atomic E-state index is 9.57. The van der Waals surface area contributed by atoms with Gasteiger partial charge in [-0.05, 0) is 26.0 Å². The van der Waals surface area contributed by atoms with E-state index in [0.717, 1.165) is 25.6 Å². The molecule has 84 valence electrons. The number of rotatable bonds is 2. The lowest BCUT2D eigenvalue weighted by Gasteiger charge is -1.98. The van der Waals surface area contributed by atoms with Crippen LogP contribution in [0.25, 0.3) is 10.6 Å². The number of benzene rings is 1. The Bertz CT molecular complexity index is 490. The highest BCUT2D eigenvalue weighted by atomic mass is 79.9. The van der Waals surface area contributed by atoms with E-state index in [2.05, 4.69) is 20.9 Å². The van der Waals surface area contributed by atoms with Crippen molar-refractivity contribution in [3.05, 3.63) is 39.3 Å². The smallest absolute Gasteiger partial charge is 0.123 e. The molecular formula is C12H12BrNOS. The fourth-order valence-electron chi connectivity index (χ4n) is 1.51. The van der Waals surface area contributed by atoms with E-state index in [1.165, 1.54) is 0 Å². The van der Waals surface area contributed by atoms with Crippen molar-refractivity contribution in [3.8, 4) is 10.6 Å². The van der Waals surface area contributed by atoms with Crippen molar-refractivity contribution in [2.24, 2.45) is 0 Å².